The minimum Gasteiger partial charge on any atom is -0.489 e. The molecule has 2 aromatic rings. The Kier molecular flexibility index (Phi) is 7.04. The van der Waals surface area contributed by atoms with Crippen molar-refractivity contribution in [3.63, 3.8) is 0 Å². The monoisotopic (exact) mass is 329 g/mol. The number of hydrogen-bond donors (Lipinski definition) is 2. The van der Waals surface area contributed by atoms with Crippen molar-refractivity contribution in [2.24, 2.45) is 0 Å². The fraction of sp³-hybridized carbons (Fsp3) is 0.333. The molecule has 24 heavy (non-hydrogen) atoms. The second-order valence-electron chi connectivity index (χ2n) is 5.40. The number of aromatic nitrogens is 1. The van der Waals surface area contributed by atoms with E-state index < -0.39 is 0 Å². The van der Waals surface area contributed by atoms with E-state index in [1.165, 1.54) is 0 Å². The summed E-state index contributed by atoms with van der Waals surface area (Å²) in [7, 11) is 1.62. The van der Waals surface area contributed by atoms with Gasteiger partial charge in [0.2, 0.25) is 0 Å². The van der Waals surface area contributed by atoms with E-state index in [2.05, 4.69) is 15.6 Å². The van der Waals surface area contributed by atoms with E-state index in [-0.39, 0.29) is 12.1 Å². The summed E-state index contributed by atoms with van der Waals surface area (Å²) in [6.45, 7) is 2.87. The van der Waals surface area contributed by atoms with Crippen LogP contribution in [0, 0.1) is 0 Å². The van der Waals surface area contributed by atoms with Gasteiger partial charge in [-0.1, -0.05) is 18.2 Å². The first-order chi connectivity index (χ1) is 11.7. The largest absolute Gasteiger partial charge is 0.489 e. The van der Waals surface area contributed by atoms with Crippen molar-refractivity contribution >= 4 is 11.7 Å². The Morgan fingerprint density at radius 1 is 1.21 bits per heavy atom. The van der Waals surface area contributed by atoms with Crippen molar-refractivity contribution in [1.82, 2.24) is 10.3 Å². The highest BCUT2D eigenvalue weighted by atomic mass is 16.5. The molecule has 0 aliphatic heterocycles. The first-order valence-corrected chi connectivity index (χ1v) is 7.86. The van der Waals surface area contributed by atoms with Crippen LogP contribution in [0.1, 0.15) is 12.5 Å². The fourth-order valence-corrected chi connectivity index (χ4v) is 2.24. The predicted octanol–water partition coefficient (Wildman–Crippen LogP) is 2.86. The fourth-order valence-electron chi connectivity index (χ4n) is 2.24. The quantitative estimate of drug-likeness (QED) is 0.731. The minimum absolute atomic E-state index is 0.0178. The number of nitrogens with one attached hydrogen (secondary N) is 2. The molecular weight excluding hydrogens is 306 g/mol. The minimum atomic E-state index is -0.269. The second kappa shape index (κ2) is 9.52. The number of rotatable bonds is 8. The molecule has 1 aromatic heterocycles. The molecule has 1 atom stereocenters. The molecule has 0 unspecified atom stereocenters. The van der Waals surface area contributed by atoms with E-state index in [0.717, 1.165) is 5.56 Å². The number of carbonyl (C=O) groups excluding carboxylic acids is 1. The van der Waals surface area contributed by atoms with Gasteiger partial charge in [-0.3, -0.25) is 4.98 Å². The molecule has 0 aliphatic rings. The number of amides is 2. The SMILES string of the molecule is COCCOc1ccccc1NC(=O)N[C@H](C)Cc1cccnc1. The maximum atomic E-state index is 12.2. The van der Waals surface area contributed by atoms with E-state index in [0.29, 0.717) is 31.1 Å². The van der Waals surface area contributed by atoms with E-state index in [1.807, 2.05) is 37.3 Å². The van der Waals surface area contributed by atoms with Gasteiger partial charge in [-0.25, -0.2) is 4.79 Å². The van der Waals surface area contributed by atoms with E-state index in [4.69, 9.17) is 9.47 Å². The second-order valence-corrected chi connectivity index (χ2v) is 5.40. The Balaban J connectivity index is 1.87. The van der Waals surface area contributed by atoms with Crippen LogP contribution in [0.15, 0.2) is 48.8 Å². The highest BCUT2D eigenvalue weighted by molar-refractivity contribution is 5.91. The highest BCUT2D eigenvalue weighted by Crippen LogP contribution is 2.23. The van der Waals surface area contributed by atoms with Crippen molar-refractivity contribution in [2.75, 3.05) is 25.6 Å². The number of hydrogen-bond acceptors (Lipinski definition) is 4. The first-order valence-electron chi connectivity index (χ1n) is 7.86. The molecule has 0 bridgehead atoms. The maximum absolute atomic E-state index is 12.2. The molecule has 0 fully saturated rings. The zero-order valence-electron chi connectivity index (χ0n) is 14.0. The van der Waals surface area contributed by atoms with Crippen LogP contribution >= 0.6 is 0 Å². The average Bonchev–Trinajstić information content (AvgIpc) is 2.57. The van der Waals surface area contributed by atoms with Gasteiger partial charge < -0.3 is 20.1 Å². The topological polar surface area (TPSA) is 72.5 Å². The molecule has 1 aromatic carbocycles. The van der Waals surface area contributed by atoms with Crippen LogP contribution in [0.2, 0.25) is 0 Å². The third-order valence-corrected chi connectivity index (χ3v) is 3.32. The number of para-hydroxylation sites is 2. The van der Waals surface area contributed by atoms with Gasteiger partial charge in [0.05, 0.1) is 12.3 Å². The van der Waals surface area contributed by atoms with Crippen LogP contribution in [0.25, 0.3) is 0 Å². The number of nitrogens with zero attached hydrogens (tertiary/aromatic N) is 1. The molecule has 0 saturated carbocycles. The normalized spacial score (nSPS) is 11.6. The molecule has 2 rings (SSSR count). The van der Waals surface area contributed by atoms with Gasteiger partial charge in [0.15, 0.2) is 0 Å². The van der Waals surface area contributed by atoms with Crippen molar-refractivity contribution in [1.29, 1.82) is 0 Å². The third kappa shape index (κ3) is 5.89. The van der Waals surface area contributed by atoms with Crippen LogP contribution in [-0.4, -0.2) is 37.4 Å². The zero-order chi connectivity index (χ0) is 17.2. The summed E-state index contributed by atoms with van der Waals surface area (Å²) < 4.78 is 10.6. The van der Waals surface area contributed by atoms with E-state index >= 15 is 0 Å². The van der Waals surface area contributed by atoms with Gasteiger partial charge in [-0.15, -0.1) is 0 Å². The first kappa shape index (κ1) is 17.7. The third-order valence-electron chi connectivity index (χ3n) is 3.32. The van der Waals surface area contributed by atoms with Crippen LogP contribution in [0.5, 0.6) is 5.75 Å². The molecule has 2 N–H and O–H groups in total. The number of urea groups is 1. The molecular formula is C18H23N3O3. The standard InChI is InChI=1S/C18H23N3O3/c1-14(12-15-6-5-9-19-13-15)20-18(22)21-16-7-3-4-8-17(16)24-11-10-23-2/h3-9,13-14H,10-12H2,1-2H3,(H2,20,21,22)/t14-/m1/s1. The molecule has 128 valence electrons. The summed E-state index contributed by atoms with van der Waals surface area (Å²) in [6.07, 6.45) is 4.25. The van der Waals surface area contributed by atoms with Crippen LogP contribution in [-0.2, 0) is 11.2 Å². The summed E-state index contributed by atoms with van der Waals surface area (Å²) in [5, 5.41) is 5.74. The molecule has 2 amide bonds. The number of methoxy groups -OCH3 is 1. The number of anilines is 1. The Labute approximate surface area is 142 Å². The summed E-state index contributed by atoms with van der Waals surface area (Å²) in [6, 6.07) is 10.9. The molecule has 6 nitrogen and oxygen atoms in total. The molecule has 6 heteroatoms. The van der Waals surface area contributed by atoms with Crippen molar-refractivity contribution in [3.8, 4) is 5.75 Å². The predicted molar refractivity (Wildman–Crippen MR) is 93.4 cm³/mol. The molecule has 0 saturated heterocycles. The van der Waals surface area contributed by atoms with E-state index in [9.17, 15) is 4.79 Å². The number of ether oxygens (including phenoxy) is 2. The van der Waals surface area contributed by atoms with Gasteiger partial charge >= 0.3 is 6.03 Å². The number of carbonyl (C=O) groups is 1. The lowest BCUT2D eigenvalue weighted by atomic mass is 10.1. The summed E-state index contributed by atoms with van der Waals surface area (Å²) >= 11 is 0. The maximum Gasteiger partial charge on any atom is 0.319 e. The summed E-state index contributed by atoms with van der Waals surface area (Å²) in [5.74, 6) is 0.615. The Morgan fingerprint density at radius 3 is 2.79 bits per heavy atom. The lowest BCUT2D eigenvalue weighted by Gasteiger charge is -2.16. The van der Waals surface area contributed by atoms with Gasteiger partial charge in [0, 0.05) is 25.5 Å². The molecule has 0 radical (unpaired) electrons. The molecule has 0 spiro atoms. The van der Waals surface area contributed by atoms with Gasteiger partial charge in [-0.2, -0.15) is 0 Å². The van der Waals surface area contributed by atoms with Crippen LogP contribution < -0.4 is 15.4 Å². The lowest BCUT2D eigenvalue weighted by Crippen LogP contribution is -2.37. The average molecular weight is 329 g/mol. The highest BCUT2D eigenvalue weighted by Gasteiger charge is 2.11. The molecule has 1 heterocycles. The van der Waals surface area contributed by atoms with Crippen LogP contribution in [0.3, 0.4) is 0 Å². The number of benzene rings is 1. The number of pyridine rings is 1. The van der Waals surface area contributed by atoms with E-state index in [1.54, 1.807) is 25.6 Å². The smallest absolute Gasteiger partial charge is 0.319 e. The summed E-state index contributed by atoms with van der Waals surface area (Å²) in [4.78, 5) is 16.3. The molecule has 0 aliphatic carbocycles. The van der Waals surface area contributed by atoms with Crippen LogP contribution in [0.4, 0.5) is 10.5 Å². The van der Waals surface area contributed by atoms with Crippen molar-refractivity contribution in [3.05, 3.63) is 54.4 Å². The van der Waals surface area contributed by atoms with Gasteiger partial charge in [0.1, 0.15) is 12.4 Å². The Hall–Kier alpha value is -2.60. The van der Waals surface area contributed by atoms with Gasteiger partial charge in [0.25, 0.3) is 0 Å². The Morgan fingerprint density at radius 2 is 2.04 bits per heavy atom. The zero-order valence-corrected chi connectivity index (χ0v) is 14.0. The Bertz CT molecular complexity index is 634. The van der Waals surface area contributed by atoms with Crippen molar-refractivity contribution in [2.45, 2.75) is 19.4 Å². The lowest BCUT2D eigenvalue weighted by molar-refractivity contribution is 0.146. The van der Waals surface area contributed by atoms with Gasteiger partial charge in [-0.05, 0) is 37.1 Å². The summed E-state index contributed by atoms with van der Waals surface area (Å²) in [5.41, 5.74) is 1.70. The van der Waals surface area contributed by atoms with Crippen molar-refractivity contribution < 1.29 is 14.3 Å².